The van der Waals surface area contributed by atoms with Gasteiger partial charge < -0.3 is 14.2 Å². The molecule has 0 fully saturated rings. The minimum absolute atomic E-state index is 0.0278. The second-order valence-corrected chi connectivity index (χ2v) is 13.3. The summed E-state index contributed by atoms with van der Waals surface area (Å²) in [6.45, 7) is 17.1. The number of nitrogens with zero attached hydrogens (tertiary/aromatic N) is 2. The van der Waals surface area contributed by atoms with Crippen LogP contribution in [0.3, 0.4) is 0 Å². The number of rotatable bonds is 10. The molecule has 0 aliphatic carbocycles. The summed E-state index contributed by atoms with van der Waals surface area (Å²) >= 11 is 0. The topological polar surface area (TPSA) is 81.2 Å². The summed E-state index contributed by atoms with van der Waals surface area (Å²) < 4.78 is 12.4. The van der Waals surface area contributed by atoms with Crippen molar-refractivity contribution in [2.24, 2.45) is 0 Å². The molecule has 47 heavy (non-hydrogen) atoms. The molecule has 6 nitrogen and oxygen atoms in total. The lowest BCUT2D eigenvalue weighted by molar-refractivity contribution is -0.111. The number of fused-ring (bicyclic) bond motifs is 2. The molecular weight excluding hydrogens is 582 g/mol. The second-order valence-electron chi connectivity index (χ2n) is 13.3. The predicted octanol–water partition coefficient (Wildman–Crippen LogP) is 11.0. The molecule has 0 bridgehead atoms. The molecule has 0 saturated heterocycles. The van der Waals surface area contributed by atoms with Crippen LogP contribution in [0.1, 0.15) is 76.6 Å². The van der Waals surface area contributed by atoms with Crippen LogP contribution in [0.2, 0.25) is 0 Å². The fourth-order valence-electron chi connectivity index (χ4n) is 5.43. The third-order valence-electron chi connectivity index (χ3n) is 9.39. The Kier molecular flexibility index (Phi) is 8.45. The summed E-state index contributed by atoms with van der Waals surface area (Å²) in [5.74, 6) is 0.891. The summed E-state index contributed by atoms with van der Waals surface area (Å²) in [4.78, 5) is 21.2. The van der Waals surface area contributed by atoms with E-state index in [1.807, 2.05) is 24.3 Å². The second kappa shape index (κ2) is 12.5. The molecule has 1 amide bonds. The predicted molar refractivity (Wildman–Crippen MR) is 193 cm³/mol. The Labute approximate surface area is 276 Å². The van der Waals surface area contributed by atoms with Crippen LogP contribution in [0.4, 0.5) is 5.69 Å². The van der Waals surface area contributed by atoms with Gasteiger partial charge in [-0.25, -0.2) is 9.97 Å². The Balaban J connectivity index is 1.19. The van der Waals surface area contributed by atoms with E-state index in [2.05, 4.69) is 107 Å². The van der Waals surface area contributed by atoms with Crippen LogP contribution in [0, 0.1) is 0 Å². The average molecular weight is 624 g/mol. The van der Waals surface area contributed by atoms with Crippen molar-refractivity contribution in [1.29, 1.82) is 0 Å². The van der Waals surface area contributed by atoms with Crippen molar-refractivity contribution >= 4 is 45.9 Å². The number of carbonyl (C=O) groups excluding carboxylic acids is 1. The van der Waals surface area contributed by atoms with Crippen LogP contribution in [0.5, 0.6) is 0 Å². The van der Waals surface area contributed by atoms with Crippen molar-refractivity contribution in [3.8, 4) is 22.9 Å². The normalized spacial score (nSPS) is 12.3. The fraction of sp³-hybridized carbons (Fsp3) is 0.244. The van der Waals surface area contributed by atoms with Crippen molar-refractivity contribution in [3.05, 3.63) is 114 Å². The first-order valence-electron chi connectivity index (χ1n) is 16.2. The van der Waals surface area contributed by atoms with Crippen molar-refractivity contribution < 1.29 is 13.6 Å². The first-order valence-corrected chi connectivity index (χ1v) is 16.2. The standard InChI is InChI=1S/C41H41N3O3/c1-8-36(45)42-31-21-22-35-33(25-31)43-38(46-35)28-17-13-26(14-18-28)11-12-27-15-19-29(20-16-27)39-44-34-24-30(40(4,5)9-2)23-32(37(34)47-39)41(6,7)10-3/h8,11-25H,1,9-10H2,2-7H3,(H,42,45). The van der Waals surface area contributed by atoms with Gasteiger partial charge in [-0.05, 0) is 95.0 Å². The Morgan fingerprint density at radius 1 is 0.745 bits per heavy atom. The summed E-state index contributed by atoms with van der Waals surface area (Å²) in [5.41, 5.74) is 10.3. The SMILES string of the molecule is C=CC(=O)Nc1ccc2oc(-c3ccc(C=Cc4ccc(-c5nc6cc(C(C)(C)CC)cc(C(C)(C)CC)c6o5)cc4)cc3)nc2c1. The highest BCUT2D eigenvalue weighted by atomic mass is 16.4. The van der Waals surface area contributed by atoms with Gasteiger partial charge in [0.15, 0.2) is 11.2 Å². The molecule has 0 aliphatic rings. The number of amides is 1. The molecule has 238 valence electrons. The monoisotopic (exact) mass is 623 g/mol. The van der Waals surface area contributed by atoms with Crippen molar-refractivity contribution in [3.63, 3.8) is 0 Å². The first kappa shape index (κ1) is 31.7. The number of oxazole rings is 2. The highest BCUT2D eigenvalue weighted by molar-refractivity contribution is 6.00. The maximum absolute atomic E-state index is 11.6. The van der Waals surface area contributed by atoms with Gasteiger partial charge in [-0.3, -0.25) is 4.79 Å². The quantitative estimate of drug-likeness (QED) is 0.121. The molecule has 6 aromatic rings. The van der Waals surface area contributed by atoms with E-state index in [-0.39, 0.29) is 16.7 Å². The van der Waals surface area contributed by atoms with Gasteiger partial charge >= 0.3 is 0 Å². The Morgan fingerprint density at radius 2 is 1.32 bits per heavy atom. The zero-order valence-corrected chi connectivity index (χ0v) is 28.0. The van der Waals surface area contributed by atoms with E-state index in [4.69, 9.17) is 13.8 Å². The van der Waals surface area contributed by atoms with Gasteiger partial charge in [0.2, 0.25) is 17.7 Å². The molecule has 0 aliphatic heterocycles. The molecule has 1 N–H and O–H groups in total. The van der Waals surface area contributed by atoms with Crippen molar-refractivity contribution in [2.45, 2.75) is 65.2 Å². The van der Waals surface area contributed by atoms with Crippen LogP contribution in [0.15, 0.2) is 100 Å². The minimum Gasteiger partial charge on any atom is -0.436 e. The van der Waals surface area contributed by atoms with Gasteiger partial charge in [0.05, 0.1) is 0 Å². The lowest BCUT2D eigenvalue weighted by Crippen LogP contribution is -2.20. The number of nitrogens with one attached hydrogen (secondary N) is 1. The minimum atomic E-state index is -0.272. The highest BCUT2D eigenvalue weighted by Gasteiger charge is 2.28. The number of carbonyl (C=O) groups is 1. The molecule has 0 atom stereocenters. The lowest BCUT2D eigenvalue weighted by atomic mass is 9.76. The van der Waals surface area contributed by atoms with Crippen LogP contribution in [-0.4, -0.2) is 15.9 Å². The van der Waals surface area contributed by atoms with Crippen LogP contribution >= 0.6 is 0 Å². The number of aromatic nitrogens is 2. The molecule has 2 heterocycles. The number of hydrogen-bond acceptors (Lipinski definition) is 5. The number of hydrogen-bond donors (Lipinski definition) is 1. The highest BCUT2D eigenvalue weighted by Crippen LogP contribution is 2.39. The van der Waals surface area contributed by atoms with Gasteiger partial charge in [-0.1, -0.05) is 90.6 Å². The van der Waals surface area contributed by atoms with Crippen molar-refractivity contribution in [1.82, 2.24) is 9.97 Å². The summed E-state index contributed by atoms with van der Waals surface area (Å²) in [7, 11) is 0. The first-order chi connectivity index (χ1) is 22.5. The molecule has 0 unspecified atom stereocenters. The van der Waals surface area contributed by atoms with E-state index in [9.17, 15) is 4.79 Å². The van der Waals surface area contributed by atoms with Crippen LogP contribution < -0.4 is 5.32 Å². The zero-order chi connectivity index (χ0) is 33.3. The maximum Gasteiger partial charge on any atom is 0.247 e. The Morgan fingerprint density at radius 3 is 1.89 bits per heavy atom. The molecule has 0 saturated carbocycles. The van der Waals surface area contributed by atoms with Crippen LogP contribution in [0.25, 0.3) is 57.3 Å². The third kappa shape index (κ3) is 6.54. The number of anilines is 1. The summed E-state index contributed by atoms with van der Waals surface area (Å²) in [6, 6.07) is 26.2. The largest absolute Gasteiger partial charge is 0.436 e. The van der Waals surface area contributed by atoms with Gasteiger partial charge in [0, 0.05) is 22.4 Å². The van der Waals surface area contributed by atoms with Gasteiger partial charge in [0.1, 0.15) is 11.0 Å². The summed E-state index contributed by atoms with van der Waals surface area (Å²) in [5, 5.41) is 2.75. The van der Waals surface area contributed by atoms with E-state index in [0.717, 1.165) is 46.2 Å². The van der Waals surface area contributed by atoms with E-state index in [1.54, 1.807) is 18.2 Å². The fourth-order valence-corrected chi connectivity index (χ4v) is 5.43. The van der Waals surface area contributed by atoms with E-state index >= 15 is 0 Å². The molecular formula is C41H41N3O3. The third-order valence-corrected chi connectivity index (χ3v) is 9.39. The molecule has 6 heteroatoms. The Bertz CT molecular complexity index is 2110. The number of benzene rings is 4. The average Bonchev–Trinajstić information content (AvgIpc) is 3.71. The zero-order valence-electron chi connectivity index (χ0n) is 28.0. The Hall–Kier alpha value is -5.23. The van der Waals surface area contributed by atoms with E-state index in [1.165, 1.54) is 17.2 Å². The van der Waals surface area contributed by atoms with Crippen molar-refractivity contribution in [2.75, 3.05) is 5.32 Å². The molecule has 4 aromatic carbocycles. The molecule has 0 spiro atoms. The van der Waals surface area contributed by atoms with Crippen LogP contribution in [-0.2, 0) is 15.6 Å². The molecule has 0 radical (unpaired) electrons. The summed E-state index contributed by atoms with van der Waals surface area (Å²) in [6.07, 6.45) is 7.45. The lowest BCUT2D eigenvalue weighted by Gasteiger charge is -2.28. The van der Waals surface area contributed by atoms with Gasteiger partial charge in [0.25, 0.3) is 0 Å². The van der Waals surface area contributed by atoms with E-state index < -0.39 is 0 Å². The van der Waals surface area contributed by atoms with Gasteiger partial charge in [-0.15, -0.1) is 0 Å². The van der Waals surface area contributed by atoms with Gasteiger partial charge in [-0.2, -0.15) is 0 Å². The maximum atomic E-state index is 11.6. The smallest absolute Gasteiger partial charge is 0.247 e. The molecule has 6 rings (SSSR count). The molecule has 2 aromatic heterocycles. The van der Waals surface area contributed by atoms with E-state index in [0.29, 0.717) is 28.6 Å².